The second kappa shape index (κ2) is 10.4. The zero-order chi connectivity index (χ0) is 24.3. The van der Waals surface area contributed by atoms with Crippen molar-refractivity contribution in [2.24, 2.45) is 4.99 Å². The second-order valence-corrected chi connectivity index (χ2v) is 11.0. The molecule has 11 heteroatoms. The van der Waals surface area contributed by atoms with Gasteiger partial charge in [-0.15, -0.1) is 0 Å². The van der Waals surface area contributed by atoms with Crippen molar-refractivity contribution in [3.63, 3.8) is 0 Å². The molecule has 7 nitrogen and oxygen atoms in total. The van der Waals surface area contributed by atoms with Gasteiger partial charge in [0.05, 0.1) is 21.3 Å². The molecule has 0 aliphatic carbocycles. The lowest BCUT2D eigenvalue weighted by Gasteiger charge is -2.13. The van der Waals surface area contributed by atoms with Gasteiger partial charge in [0, 0.05) is 5.02 Å². The van der Waals surface area contributed by atoms with Crippen molar-refractivity contribution < 1.29 is 22.1 Å². The van der Waals surface area contributed by atoms with Crippen LogP contribution in [0.25, 0.3) is 6.08 Å². The van der Waals surface area contributed by atoms with Gasteiger partial charge >= 0.3 is 10.1 Å². The predicted molar refractivity (Wildman–Crippen MR) is 142 cm³/mol. The fourth-order valence-electron chi connectivity index (χ4n) is 2.91. The van der Waals surface area contributed by atoms with E-state index in [-0.39, 0.29) is 22.3 Å². The molecule has 0 unspecified atom stereocenters. The number of carbonyl (C=O) groups is 1. The Kier molecular flexibility index (Phi) is 7.51. The number of hydrogen-bond acceptors (Lipinski definition) is 7. The SMILES string of the molecule is COc1cc(/C=C2\SC(=Nc3ccc(Cl)cc3)NC2=O)cc(I)c1OS(=O)(=O)c1ccccc1. The first-order valence-corrected chi connectivity index (χ1v) is 13.4. The Balaban J connectivity index is 1.60. The number of nitrogens with one attached hydrogen (secondary N) is 1. The summed E-state index contributed by atoms with van der Waals surface area (Å²) < 4.78 is 36.6. The molecule has 0 radical (unpaired) electrons. The third kappa shape index (κ3) is 5.74. The average molecular weight is 627 g/mol. The van der Waals surface area contributed by atoms with Crippen LogP contribution in [0.15, 0.2) is 81.5 Å². The van der Waals surface area contributed by atoms with Crippen LogP contribution >= 0.6 is 46.0 Å². The van der Waals surface area contributed by atoms with E-state index < -0.39 is 10.1 Å². The highest BCUT2D eigenvalue weighted by Gasteiger charge is 2.25. The zero-order valence-electron chi connectivity index (χ0n) is 17.5. The Morgan fingerprint density at radius 2 is 1.79 bits per heavy atom. The van der Waals surface area contributed by atoms with Gasteiger partial charge in [-0.2, -0.15) is 8.42 Å². The Morgan fingerprint density at radius 3 is 2.47 bits per heavy atom. The van der Waals surface area contributed by atoms with E-state index in [0.717, 1.165) is 0 Å². The molecule has 4 rings (SSSR count). The van der Waals surface area contributed by atoms with Crippen LogP contribution in [0.1, 0.15) is 5.56 Å². The first-order chi connectivity index (χ1) is 16.2. The van der Waals surface area contributed by atoms with Gasteiger partial charge in [-0.25, -0.2) is 4.99 Å². The highest BCUT2D eigenvalue weighted by molar-refractivity contribution is 14.1. The minimum atomic E-state index is -4.04. The summed E-state index contributed by atoms with van der Waals surface area (Å²) in [4.78, 5) is 17.3. The van der Waals surface area contributed by atoms with Gasteiger partial charge in [0.25, 0.3) is 5.91 Å². The number of benzene rings is 3. The molecule has 174 valence electrons. The van der Waals surface area contributed by atoms with E-state index in [1.165, 1.54) is 31.0 Å². The van der Waals surface area contributed by atoms with E-state index >= 15 is 0 Å². The molecule has 0 atom stereocenters. The maximum Gasteiger partial charge on any atom is 0.339 e. The molecule has 1 heterocycles. The molecule has 34 heavy (non-hydrogen) atoms. The lowest BCUT2D eigenvalue weighted by Crippen LogP contribution is -2.19. The number of aliphatic imine (C=N–C) groups is 1. The minimum absolute atomic E-state index is 0.0329. The zero-order valence-corrected chi connectivity index (χ0v) is 22.0. The van der Waals surface area contributed by atoms with Crippen LogP contribution in [-0.2, 0) is 14.9 Å². The highest BCUT2D eigenvalue weighted by Crippen LogP contribution is 2.37. The van der Waals surface area contributed by atoms with Gasteiger partial charge in [-0.05, 0) is 94.5 Å². The van der Waals surface area contributed by atoms with Crippen molar-refractivity contribution in [2.75, 3.05) is 7.11 Å². The molecule has 0 spiro atoms. The van der Waals surface area contributed by atoms with Crippen molar-refractivity contribution in [1.29, 1.82) is 0 Å². The minimum Gasteiger partial charge on any atom is -0.493 e. The van der Waals surface area contributed by atoms with Gasteiger partial charge in [-0.3, -0.25) is 4.79 Å². The number of amidine groups is 1. The van der Waals surface area contributed by atoms with Crippen molar-refractivity contribution in [2.45, 2.75) is 4.90 Å². The molecule has 0 saturated carbocycles. The molecule has 1 aliphatic heterocycles. The summed E-state index contributed by atoms with van der Waals surface area (Å²) in [6.45, 7) is 0. The molecule has 1 aliphatic rings. The summed E-state index contributed by atoms with van der Waals surface area (Å²) in [5, 5.41) is 3.76. The number of nitrogens with zero attached hydrogens (tertiary/aromatic N) is 1. The lowest BCUT2D eigenvalue weighted by molar-refractivity contribution is -0.115. The molecule has 1 N–H and O–H groups in total. The number of ether oxygens (including phenoxy) is 1. The summed E-state index contributed by atoms with van der Waals surface area (Å²) >= 11 is 9.05. The van der Waals surface area contributed by atoms with Gasteiger partial charge in [0.2, 0.25) is 0 Å². The number of rotatable bonds is 6. The van der Waals surface area contributed by atoms with Crippen molar-refractivity contribution in [3.05, 3.63) is 85.8 Å². The largest absolute Gasteiger partial charge is 0.493 e. The summed E-state index contributed by atoms with van der Waals surface area (Å²) in [5.41, 5.74) is 1.29. The first-order valence-electron chi connectivity index (χ1n) is 9.67. The van der Waals surface area contributed by atoms with E-state index in [0.29, 0.717) is 29.9 Å². The van der Waals surface area contributed by atoms with E-state index in [1.54, 1.807) is 60.7 Å². The van der Waals surface area contributed by atoms with Crippen LogP contribution in [0, 0.1) is 3.57 Å². The lowest BCUT2D eigenvalue weighted by atomic mass is 10.2. The molecular formula is C23H16ClIN2O5S2. The Labute approximate surface area is 219 Å². The number of carbonyl (C=O) groups excluding carboxylic acids is 1. The Hall–Kier alpha value is -2.54. The highest BCUT2D eigenvalue weighted by atomic mass is 127. The fraction of sp³-hybridized carbons (Fsp3) is 0.0435. The number of amides is 1. The maximum atomic E-state index is 12.7. The molecule has 3 aromatic carbocycles. The number of thioether (sulfide) groups is 1. The van der Waals surface area contributed by atoms with Crippen molar-refractivity contribution >= 4 is 78.9 Å². The quantitative estimate of drug-likeness (QED) is 0.217. The summed E-state index contributed by atoms with van der Waals surface area (Å²) in [6, 6.07) is 18.1. The molecule has 0 aromatic heterocycles. The fourth-order valence-corrected chi connectivity index (χ4v) is 5.74. The first kappa shape index (κ1) is 24.6. The molecule has 3 aromatic rings. The van der Waals surface area contributed by atoms with Gasteiger partial charge in [0.15, 0.2) is 16.7 Å². The third-order valence-corrected chi connectivity index (χ3v) is 7.68. The third-order valence-electron chi connectivity index (χ3n) is 4.48. The van der Waals surface area contributed by atoms with Gasteiger partial charge < -0.3 is 14.2 Å². The molecular weight excluding hydrogens is 611 g/mol. The van der Waals surface area contributed by atoms with Crippen LogP contribution < -0.4 is 14.2 Å². The standard InChI is InChI=1S/C23H16ClIN2O5S2/c1-31-19-12-14(11-18(25)21(19)32-34(29,30)17-5-3-2-4-6-17)13-20-22(28)27-23(33-20)26-16-9-7-15(24)8-10-16/h2-13H,1H3,(H,26,27,28)/b20-13-. The number of methoxy groups -OCH3 is 1. The monoisotopic (exact) mass is 626 g/mol. The maximum absolute atomic E-state index is 12.7. The van der Waals surface area contributed by atoms with E-state index in [2.05, 4.69) is 10.3 Å². The van der Waals surface area contributed by atoms with Crippen molar-refractivity contribution in [1.82, 2.24) is 5.32 Å². The molecule has 0 bridgehead atoms. The molecule has 1 fully saturated rings. The summed E-state index contributed by atoms with van der Waals surface area (Å²) in [5.74, 6) is -0.00185. The van der Waals surface area contributed by atoms with Crippen molar-refractivity contribution in [3.8, 4) is 11.5 Å². The van der Waals surface area contributed by atoms with E-state index in [4.69, 9.17) is 20.5 Å². The van der Waals surface area contributed by atoms with E-state index in [1.807, 2.05) is 22.6 Å². The van der Waals surface area contributed by atoms with Crippen LogP contribution in [0.2, 0.25) is 5.02 Å². The average Bonchev–Trinajstić information content (AvgIpc) is 3.15. The predicted octanol–water partition coefficient (Wildman–Crippen LogP) is 5.61. The topological polar surface area (TPSA) is 94.1 Å². The molecule has 1 amide bonds. The van der Waals surface area contributed by atoms with Crippen LogP contribution in [0.4, 0.5) is 5.69 Å². The number of halogens is 2. The Morgan fingerprint density at radius 1 is 1.09 bits per heavy atom. The summed E-state index contributed by atoms with van der Waals surface area (Å²) in [6.07, 6.45) is 1.67. The van der Waals surface area contributed by atoms with Gasteiger partial charge in [-0.1, -0.05) is 29.8 Å². The summed E-state index contributed by atoms with van der Waals surface area (Å²) in [7, 11) is -2.63. The number of hydrogen-bond donors (Lipinski definition) is 1. The van der Waals surface area contributed by atoms with E-state index in [9.17, 15) is 13.2 Å². The van der Waals surface area contributed by atoms with Gasteiger partial charge in [0.1, 0.15) is 4.90 Å². The smallest absolute Gasteiger partial charge is 0.339 e. The van der Waals surface area contributed by atoms with Crippen LogP contribution in [0.3, 0.4) is 0 Å². The molecule has 1 saturated heterocycles. The van der Waals surface area contributed by atoms with Crippen LogP contribution in [0.5, 0.6) is 11.5 Å². The Bertz CT molecular complexity index is 1410. The normalized spacial score (nSPS) is 16.0. The van der Waals surface area contributed by atoms with Crippen LogP contribution in [-0.4, -0.2) is 26.6 Å². The second-order valence-electron chi connectivity index (χ2n) is 6.84.